The van der Waals surface area contributed by atoms with Crippen molar-refractivity contribution in [3.8, 4) is 44.5 Å². The van der Waals surface area contributed by atoms with Crippen molar-refractivity contribution in [2.24, 2.45) is 0 Å². The highest BCUT2D eigenvalue weighted by Gasteiger charge is 2.35. The highest BCUT2D eigenvalue weighted by molar-refractivity contribution is 6.24. The molecule has 0 fully saturated rings. The first kappa shape index (κ1) is 28.1. The van der Waals surface area contributed by atoms with E-state index in [4.69, 9.17) is 0 Å². The fourth-order valence-electron chi connectivity index (χ4n) is 8.63. The van der Waals surface area contributed by atoms with Crippen molar-refractivity contribution in [3.63, 3.8) is 0 Å². The zero-order chi connectivity index (χ0) is 32.7. The van der Waals surface area contributed by atoms with E-state index in [1.807, 2.05) is 0 Å². The Morgan fingerprint density at radius 1 is 0.306 bits per heavy atom. The fourth-order valence-corrected chi connectivity index (χ4v) is 8.63. The molecule has 0 atom stereocenters. The summed E-state index contributed by atoms with van der Waals surface area (Å²) < 4.78 is 0. The van der Waals surface area contributed by atoms with Gasteiger partial charge in [-0.15, -0.1) is 0 Å². The summed E-state index contributed by atoms with van der Waals surface area (Å²) in [4.78, 5) is 0. The van der Waals surface area contributed by atoms with Crippen molar-refractivity contribution in [2.75, 3.05) is 0 Å². The molecule has 0 nitrogen and oxygen atoms in total. The predicted octanol–water partition coefficient (Wildman–Crippen LogP) is 13.6. The summed E-state index contributed by atoms with van der Waals surface area (Å²) in [6, 6.07) is 63.3. The van der Waals surface area contributed by atoms with E-state index in [2.05, 4.69) is 184 Å². The highest BCUT2D eigenvalue weighted by atomic mass is 14.4. The maximum absolute atomic E-state index is 2.46. The Hall–Kier alpha value is -5.98. The molecule has 0 N–H and O–H groups in total. The molecule has 0 aliphatic heterocycles. The lowest BCUT2D eigenvalue weighted by molar-refractivity contribution is 0.660. The molecule has 0 aromatic heterocycles. The minimum atomic E-state index is -0.0488. The molecule has 9 aromatic rings. The van der Waals surface area contributed by atoms with Gasteiger partial charge in [-0.25, -0.2) is 0 Å². The largest absolute Gasteiger partial charge is 0.0619 e. The zero-order valence-electron chi connectivity index (χ0n) is 27.7. The molecule has 9 aromatic carbocycles. The van der Waals surface area contributed by atoms with Gasteiger partial charge in [0, 0.05) is 5.41 Å². The second-order valence-corrected chi connectivity index (χ2v) is 14.1. The van der Waals surface area contributed by atoms with Crippen LogP contribution in [0, 0.1) is 0 Å². The lowest BCUT2D eigenvalue weighted by atomic mass is 9.81. The van der Waals surface area contributed by atoms with Gasteiger partial charge in [-0.3, -0.25) is 0 Å². The van der Waals surface area contributed by atoms with Crippen LogP contribution in [0.15, 0.2) is 170 Å². The average Bonchev–Trinajstić information content (AvgIpc) is 3.38. The molecular weight excluding hydrogens is 589 g/mol. The molecule has 0 saturated carbocycles. The first-order chi connectivity index (χ1) is 24.1. The normalized spacial score (nSPS) is 13.3. The first-order valence-corrected chi connectivity index (χ1v) is 17.3. The van der Waals surface area contributed by atoms with Crippen molar-refractivity contribution in [1.29, 1.82) is 0 Å². The molecule has 0 amide bonds. The summed E-state index contributed by atoms with van der Waals surface area (Å²) in [5, 5.41) is 10.2. The first-order valence-electron chi connectivity index (χ1n) is 17.3. The smallest absolute Gasteiger partial charge is 0.0159 e. The molecule has 0 saturated heterocycles. The van der Waals surface area contributed by atoms with E-state index < -0.39 is 0 Å². The molecule has 0 spiro atoms. The summed E-state index contributed by atoms with van der Waals surface area (Å²) in [6.45, 7) is 4.73. The molecule has 10 rings (SSSR count). The van der Waals surface area contributed by atoms with Gasteiger partial charge in [-0.05, 0) is 117 Å². The van der Waals surface area contributed by atoms with Crippen LogP contribution in [-0.2, 0) is 5.41 Å². The quantitative estimate of drug-likeness (QED) is 0.172. The van der Waals surface area contributed by atoms with Gasteiger partial charge in [0.25, 0.3) is 0 Å². The second kappa shape index (κ2) is 10.5. The van der Waals surface area contributed by atoms with Crippen LogP contribution in [0.5, 0.6) is 0 Å². The Bertz CT molecular complexity index is 2790. The van der Waals surface area contributed by atoms with Crippen molar-refractivity contribution < 1.29 is 0 Å². The second-order valence-electron chi connectivity index (χ2n) is 14.1. The van der Waals surface area contributed by atoms with Crippen LogP contribution in [0.4, 0.5) is 0 Å². The molecule has 0 heteroatoms. The number of hydrogen-bond acceptors (Lipinski definition) is 0. The van der Waals surface area contributed by atoms with Crippen LogP contribution >= 0.6 is 0 Å². The summed E-state index contributed by atoms with van der Waals surface area (Å²) in [5.41, 5.74) is 13.1. The monoisotopic (exact) mass is 622 g/mol. The summed E-state index contributed by atoms with van der Waals surface area (Å²) in [7, 11) is 0. The molecule has 1 aliphatic carbocycles. The van der Waals surface area contributed by atoms with Gasteiger partial charge in [0.15, 0.2) is 0 Å². The van der Waals surface area contributed by atoms with Crippen LogP contribution in [0.25, 0.3) is 87.6 Å². The topological polar surface area (TPSA) is 0 Å². The summed E-state index contributed by atoms with van der Waals surface area (Å²) in [6.07, 6.45) is 0. The number of rotatable bonds is 3. The van der Waals surface area contributed by atoms with Gasteiger partial charge in [0.2, 0.25) is 0 Å². The average molecular weight is 623 g/mol. The Morgan fingerprint density at radius 3 is 1.73 bits per heavy atom. The van der Waals surface area contributed by atoms with Gasteiger partial charge in [-0.1, -0.05) is 166 Å². The zero-order valence-corrected chi connectivity index (χ0v) is 27.7. The van der Waals surface area contributed by atoms with Crippen molar-refractivity contribution in [1.82, 2.24) is 0 Å². The number of hydrogen-bond donors (Lipinski definition) is 0. The third-order valence-corrected chi connectivity index (χ3v) is 11.0. The van der Waals surface area contributed by atoms with E-state index in [-0.39, 0.29) is 5.41 Å². The van der Waals surface area contributed by atoms with E-state index >= 15 is 0 Å². The van der Waals surface area contributed by atoms with Crippen molar-refractivity contribution in [3.05, 3.63) is 181 Å². The van der Waals surface area contributed by atoms with Gasteiger partial charge in [-0.2, -0.15) is 0 Å². The molecule has 0 radical (unpaired) electrons. The van der Waals surface area contributed by atoms with Crippen molar-refractivity contribution >= 4 is 43.1 Å². The Labute approximate surface area is 286 Å². The van der Waals surface area contributed by atoms with Crippen LogP contribution in [0.2, 0.25) is 0 Å². The van der Waals surface area contributed by atoms with Crippen molar-refractivity contribution in [2.45, 2.75) is 19.3 Å². The van der Waals surface area contributed by atoms with Gasteiger partial charge in [0.1, 0.15) is 0 Å². The predicted molar refractivity (Wildman–Crippen MR) is 210 cm³/mol. The van der Waals surface area contributed by atoms with Crippen LogP contribution in [0.3, 0.4) is 0 Å². The molecule has 230 valence electrons. The Balaban J connectivity index is 1.29. The Morgan fingerprint density at radius 2 is 0.878 bits per heavy atom. The van der Waals surface area contributed by atoms with E-state index in [0.717, 1.165) is 0 Å². The minimum Gasteiger partial charge on any atom is -0.0619 e. The number of fused-ring (bicyclic) bond motifs is 7. The van der Waals surface area contributed by atoms with Gasteiger partial charge in [0.05, 0.1) is 0 Å². The molecule has 1 aliphatic rings. The molecule has 49 heavy (non-hydrogen) atoms. The number of benzene rings is 9. The summed E-state index contributed by atoms with van der Waals surface area (Å²) >= 11 is 0. The van der Waals surface area contributed by atoms with E-state index in [1.165, 1.54) is 98.7 Å². The molecule has 0 unspecified atom stereocenters. The Kier molecular flexibility index (Phi) is 6.02. The maximum Gasteiger partial charge on any atom is 0.0159 e. The van der Waals surface area contributed by atoms with E-state index in [9.17, 15) is 0 Å². The molecular formula is C49H34. The standard InChI is InChI=1S/C49H34/c1-49(2)45-21-10-9-17-38(45)39-26-24-35(30-46(39)49)34-25-27-43-44(29-34)47(36-23-22-31-12-3-4-14-33(31)28-36)41-18-7-8-19-42(41)48(43)40-20-11-15-32-13-5-6-16-37(32)40/h3-30H,1-2H3. The SMILES string of the molecule is CC1(C)c2ccccc2-c2ccc(-c3ccc4c(-c5cccc6ccccc56)c5ccccc5c(-c5ccc6ccccc6c5)c4c3)cc21. The third-order valence-electron chi connectivity index (χ3n) is 11.0. The van der Waals surface area contributed by atoms with E-state index in [0.29, 0.717) is 0 Å². The third kappa shape index (κ3) is 4.17. The van der Waals surface area contributed by atoms with Gasteiger partial charge >= 0.3 is 0 Å². The lowest BCUT2D eigenvalue weighted by Gasteiger charge is -2.22. The molecule has 0 heterocycles. The molecule has 0 bridgehead atoms. The highest BCUT2D eigenvalue weighted by Crippen LogP contribution is 2.51. The maximum atomic E-state index is 2.46. The van der Waals surface area contributed by atoms with Gasteiger partial charge < -0.3 is 0 Å². The fraction of sp³-hybridized carbons (Fsp3) is 0.0612. The lowest BCUT2D eigenvalue weighted by Crippen LogP contribution is -2.14. The van der Waals surface area contributed by atoms with Crippen LogP contribution < -0.4 is 0 Å². The van der Waals surface area contributed by atoms with E-state index in [1.54, 1.807) is 0 Å². The summed E-state index contributed by atoms with van der Waals surface area (Å²) in [5.74, 6) is 0. The van der Waals surface area contributed by atoms with Crippen LogP contribution in [0.1, 0.15) is 25.0 Å². The minimum absolute atomic E-state index is 0.0488. The van der Waals surface area contributed by atoms with Crippen LogP contribution in [-0.4, -0.2) is 0 Å².